The summed E-state index contributed by atoms with van der Waals surface area (Å²) in [5.41, 5.74) is 1.05. The molecule has 2 aromatic rings. The van der Waals surface area contributed by atoms with E-state index in [4.69, 9.17) is 11.6 Å². The second-order valence-electron chi connectivity index (χ2n) is 6.34. The molecule has 2 amide bonds. The topological polar surface area (TPSA) is 63.1 Å². The average molecular weight is 350 g/mol. The van der Waals surface area contributed by atoms with Crippen LogP contribution < -0.4 is 5.32 Å². The summed E-state index contributed by atoms with van der Waals surface area (Å²) >= 11 is 5.96. The number of hydrogen-bond donors (Lipinski definition) is 1. The zero-order valence-corrected chi connectivity index (χ0v) is 15.3. The highest BCUT2D eigenvalue weighted by atomic mass is 35.5. The van der Waals surface area contributed by atoms with Crippen molar-refractivity contribution in [3.05, 3.63) is 47.0 Å². The van der Waals surface area contributed by atoms with E-state index >= 15 is 0 Å². The predicted molar refractivity (Wildman–Crippen MR) is 94.6 cm³/mol. The number of aryl methyl sites for hydroxylation is 1. The number of urea groups is 1. The summed E-state index contributed by atoms with van der Waals surface area (Å²) in [6.07, 6.45) is 2.33. The largest absolute Gasteiger partial charge is 0.331 e. The van der Waals surface area contributed by atoms with E-state index in [-0.39, 0.29) is 12.1 Å². The van der Waals surface area contributed by atoms with Gasteiger partial charge >= 0.3 is 6.03 Å². The summed E-state index contributed by atoms with van der Waals surface area (Å²) in [6.45, 7) is 4.67. The summed E-state index contributed by atoms with van der Waals surface area (Å²) in [5.74, 6) is 1.19. The Hall–Kier alpha value is -2.08. The van der Waals surface area contributed by atoms with E-state index in [0.717, 1.165) is 17.8 Å². The molecule has 1 unspecified atom stereocenters. The molecule has 1 aromatic carbocycles. The van der Waals surface area contributed by atoms with E-state index in [1.165, 1.54) is 6.33 Å². The number of hydrogen-bond acceptors (Lipinski definition) is 3. The molecule has 6 nitrogen and oxygen atoms in total. The number of amides is 2. The van der Waals surface area contributed by atoms with Crippen molar-refractivity contribution in [1.82, 2.24) is 25.0 Å². The molecule has 1 heterocycles. The summed E-state index contributed by atoms with van der Waals surface area (Å²) in [4.78, 5) is 18.3. The van der Waals surface area contributed by atoms with Crippen LogP contribution in [0.5, 0.6) is 0 Å². The normalized spacial score (nSPS) is 12.2. The van der Waals surface area contributed by atoms with Crippen LogP contribution in [0.2, 0.25) is 5.02 Å². The first-order valence-electron chi connectivity index (χ1n) is 7.96. The minimum atomic E-state index is -0.140. The van der Waals surface area contributed by atoms with E-state index in [2.05, 4.69) is 29.2 Å². The molecule has 0 saturated carbocycles. The van der Waals surface area contributed by atoms with Gasteiger partial charge in [-0.3, -0.25) is 4.68 Å². The Morgan fingerprint density at radius 1 is 1.33 bits per heavy atom. The van der Waals surface area contributed by atoms with Crippen LogP contribution in [0.15, 0.2) is 30.6 Å². The van der Waals surface area contributed by atoms with Crippen molar-refractivity contribution in [2.75, 3.05) is 7.05 Å². The minimum absolute atomic E-state index is 0.0586. The highest BCUT2D eigenvalue weighted by molar-refractivity contribution is 6.30. The molecule has 0 spiro atoms. The molecule has 7 heteroatoms. The summed E-state index contributed by atoms with van der Waals surface area (Å²) in [6, 6.07) is 7.41. The Bertz CT molecular complexity index is 668. The number of benzene rings is 1. The Kier molecular flexibility index (Phi) is 6.20. The first kappa shape index (κ1) is 18.3. The fourth-order valence-electron chi connectivity index (χ4n) is 2.45. The van der Waals surface area contributed by atoms with E-state index in [1.807, 2.05) is 31.3 Å². The van der Waals surface area contributed by atoms with Gasteiger partial charge in [0.2, 0.25) is 0 Å². The lowest BCUT2D eigenvalue weighted by Crippen LogP contribution is -2.39. The van der Waals surface area contributed by atoms with Gasteiger partial charge in [0.1, 0.15) is 12.2 Å². The van der Waals surface area contributed by atoms with E-state index in [0.29, 0.717) is 17.5 Å². The lowest BCUT2D eigenvalue weighted by Gasteiger charge is -2.25. The zero-order chi connectivity index (χ0) is 17.7. The SMILES string of the molecule is CC(C)CC(NC(=O)N(C)Cc1ncnn1C)c1ccc(Cl)cc1. The van der Waals surface area contributed by atoms with Crippen LogP contribution in [-0.4, -0.2) is 32.7 Å². The van der Waals surface area contributed by atoms with Gasteiger partial charge < -0.3 is 10.2 Å². The molecule has 0 bridgehead atoms. The van der Waals surface area contributed by atoms with Gasteiger partial charge in [-0.25, -0.2) is 9.78 Å². The quantitative estimate of drug-likeness (QED) is 0.869. The lowest BCUT2D eigenvalue weighted by molar-refractivity contribution is 0.199. The van der Waals surface area contributed by atoms with Gasteiger partial charge in [-0.1, -0.05) is 37.6 Å². The molecular weight excluding hydrogens is 326 g/mol. The van der Waals surface area contributed by atoms with Crippen LogP contribution >= 0.6 is 11.6 Å². The summed E-state index contributed by atoms with van der Waals surface area (Å²) in [7, 11) is 3.56. The number of nitrogens with zero attached hydrogens (tertiary/aromatic N) is 4. The number of carbonyl (C=O) groups excluding carboxylic acids is 1. The molecule has 130 valence electrons. The number of halogens is 1. The molecular formula is C17H24ClN5O. The second kappa shape index (κ2) is 8.15. The molecule has 24 heavy (non-hydrogen) atoms. The first-order valence-corrected chi connectivity index (χ1v) is 8.34. The van der Waals surface area contributed by atoms with Crippen molar-refractivity contribution in [3.8, 4) is 0 Å². The molecule has 1 aromatic heterocycles. The monoisotopic (exact) mass is 349 g/mol. The summed E-state index contributed by atoms with van der Waals surface area (Å²) < 4.78 is 1.66. The average Bonchev–Trinajstić information content (AvgIpc) is 2.92. The van der Waals surface area contributed by atoms with E-state index in [1.54, 1.807) is 16.6 Å². The Morgan fingerprint density at radius 3 is 2.54 bits per heavy atom. The predicted octanol–water partition coefficient (Wildman–Crippen LogP) is 3.40. The smallest absolute Gasteiger partial charge is 0.318 e. The van der Waals surface area contributed by atoms with Crippen LogP contribution in [0.4, 0.5) is 4.79 Å². The zero-order valence-electron chi connectivity index (χ0n) is 14.5. The van der Waals surface area contributed by atoms with E-state index in [9.17, 15) is 4.79 Å². The molecule has 0 saturated heterocycles. The van der Waals surface area contributed by atoms with Crippen molar-refractivity contribution in [2.24, 2.45) is 13.0 Å². The fraction of sp³-hybridized carbons (Fsp3) is 0.471. The molecule has 0 radical (unpaired) electrons. The third kappa shape index (κ3) is 4.96. The van der Waals surface area contributed by atoms with Crippen LogP contribution in [-0.2, 0) is 13.6 Å². The number of aromatic nitrogens is 3. The van der Waals surface area contributed by atoms with Gasteiger partial charge in [-0.15, -0.1) is 0 Å². The Labute approximate surface area is 147 Å². The number of nitrogens with one attached hydrogen (secondary N) is 1. The molecule has 1 atom stereocenters. The van der Waals surface area contributed by atoms with Crippen molar-refractivity contribution in [3.63, 3.8) is 0 Å². The van der Waals surface area contributed by atoms with Gasteiger partial charge in [0.25, 0.3) is 0 Å². The van der Waals surface area contributed by atoms with Gasteiger partial charge in [0, 0.05) is 19.1 Å². The number of carbonyl (C=O) groups is 1. The highest BCUT2D eigenvalue weighted by Gasteiger charge is 2.19. The van der Waals surface area contributed by atoms with Crippen molar-refractivity contribution < 1.29 is 4.79 Å². The maximum absolute atomic E-state index is 12.5. The van der Waals surface area contributed by atoms with Crippen molar-refractivity contribution in [1.29, 1.82) is 0 Å². The van der Waals surface area contributed by atoms with Gasteiger partial charge in [0.15, 0.2) is 0 Å². The fourth-order valence-corrected chi connectivity index (χ4v) is 2.58. The molecule has 0 aliphatic heterocycles. The van der Waals surface area contributed by atoms with Crippen LogP contribution in [0.25, 0.3) is 0 Å². The lowest BCUT2D eigenvalue weighted by atomic mass is 9.97. The molecule has 0 aliphatic carbocycles. The van der Waals surface area contributed by atoms with Gasteiger partial charge in [0.05, 0.1) is 12.6 Å². The highest BCUT2D eigenvalue weighted by Crippen LogP contribution is 2.23. The third-order valence-corrected chi connectivity index (χ3v) is 4.06. The van der Waals surface area contributed by atoms with Crippen molar-refractivity contribution >= 4 is 17.6 Å². The standard InChI is InChI=1S/C17H24ClN5O/c1-12(2)9-15(13-5-7-14(18)8-6-13)21-17(24)22(3)10-16-19-11-20-23(16)4/h5-8,11-12,15H,9-10H2,1-4H3,(H,21,24). The molecule has 2 rings (SSSR count). The van der Waals surface area contributed by atoms with Gasteiger partial charge in [-0.05, 0) is 30.0 Å². The first-order chi connectivity index (χ1) is 11.4. The van der Waals surface area contributed by atoms with Crippen LogP contribution in [0.1, 0.15) is 37.7 Å². The molecule has 0 fully saturated rings. The second-order valence-corrected chi connectivity index (χ2v) is 6.78. The third-order valence-electron chi connectivity index (χ3n) is 3.81. The maximum atomic E-state index is 12.5. The van der Waals surface area contributed by atoms with Crippen LogP contribution in [0, 0.1) is 5.92 Å². The number of rotatable bonds is 6. The van der Waals surface area contributed by atoms with Crippen molar-refractivity contribution in [2.45, 2.75) is 32.9 Å². The Balaban J connectivity index is 2.06. The van der Waals surface area contributed by atoms with Gasteiger partial charge in [-0.2, -0.15) is 5.10 Å². The Morgan fingerprint density at radius 2 is 2.00 bits per heavy atom. The van der Waals surface area contributed by atoms with E-state index < -0.39 is 0 Å². The molecule has 0 aliphatic rings. The van der Waals surface area contributed by atoms with Crippen LogP contribution in [0.3, 0.4) is 0 Å². The minimum Gasteiger partial charge on any atom is -0.331 e. The molecule has 1 N–H and O–H groups in total. The maximum Gasteiger partial charge on any atom is 0.318 e. The summed E-state index contributed by atoms with van der Waals surface area (Å²) in [5, 5.41) is 7.81.